The maximum atomic E-state index is 9.38. The molecule has 3 atom stereocenters. The molecule has 2 aliphatic rings. The molecule has 58 valence electrons. The fourth-order valence-electron chi connectivity index (χ4n) is 2.24. The Morgan fingerprint density at radius 3 is 2.30 bits per heavy atom. The monoisotopic (exact) mass is 141 g/mol. The average Bonchev–Trinajstić information content (AvgIpc) is 1.85. The third-order valence-corrected chi connectivity index (χ3v) is 2.69. The molecule has 0 unspecified atom stereocenters. The summed E-state index contributed by atoms with van der Waals surface area (Å²) in [5.74, 6) is 0. The molecule has 0 aromatic carbocycles. The zero-order chi connectivity index (χ0) is 6.97. The van der Waals surface area contributed by atoms with Crippen molar-refractivity contribution in [3.05, 3.63) is 0 Å². The SMILES string of the molecule is O[C@H]1C[C@H]2CCC[C@@H](C1)N2. The minimum Gasteiger partial charge on any atom is -0.393 e. The first-order valence-electron chi connectivity index (χ1n) is 4.29. The molecule has 10 heavy (non-hydrogen) atoms. The molecule has 0 amide bonds. The van der Waals surface area contributed by atoms with Crippen molar-refractivity contribution < 1.29 is 5.11 Å². The van der Waals surface area contributed by atoms with Gasteiger partial charge in [0.2, 0.25) is 0 Å². The van der Waals surface area contributed by atoms with Crippen molar-refractivity contribution in [2.45, 2.75) is 50.3 Å². The zero-order valence-electron chi connectivity index (χ0n) is 6.21. The van der Waals surface area contributed by atoms with Crippen molar-refractivity contribution in [1.82, 2.24) is 5.32 Å². The molecule has 0 aromatic heterocycles. The minimum atomic E-state index is -0.0171. The van der Waals surface area contributed by atoms with Gasteiger partial charge >= 0.3 is 0 Å². The van der Waals surface area contributed by atoms with E-state index in [0.717, 1.165) is 12.8 Å². The Bertz CT molecular complexity index is 110. The van der Waals surface area contributed by atoms with Gasteiger partial charge in [-0.05, 0) is 25.7 Å². The molecular formula is C8H15NO. The summed E-state index contributed by atoms with van der Waals surface area (Å²) in [5, 5.41) is 12.9. The molecule has 2 aliphatic heterocycles. The van der Waals surface area contributed by atoms with Gasteiger partial charge in [-0.1, -0.05) is 6.42 Å². The summed E-state index contributed by atoms with van der Waals surface area (Å²) in [4.78, 5) is 0. The van der Waals surface area contributed by atoms with Gasteiger partial charge in [-0.3, -0.25) is 0 Å². The van der Waals surface area contributed by atoms with Gasteiger partial charge in [-0.25, -0.2) is 0 Å². The van der Waals surface area contributed by atoms with Crippen LogP contribution >= 0.6 is 0 Å². The second-order valence-corrected chi connectivity index (χ2v) is 3.62. The average molecular weight is 141 g/mol. The summed E-state index contributed by atoms with van der Waals surface area (Å²) in [6.07, 6.45) is 5.85. The highest BCUT2D eigenvalue weighted by molar-refractivity contribution is 4.88. The van der Waals surface area contributed by atoms with Crippen LogP contribution in [0.1, 0.15) is 32.1 Å². The topological polar surface area (TPSA) is 32.3 Å². The van der Waals surface area contributed by atoms with Crippen molar-refractivity contribution >= 4 is 0 Å². The van der Waals surface area contributed by atoms with Gasteiger partial charge in [-0.2, -0.15) is 0 Å². The van der Waals surface area contributed by atoms with Gasteiger partial charge in [0.15, 0.2) is 0 Å². The lowest BCUT2D eigenvalue weighted by atomic mass is 9.85. The maximum Gasteiger partial charge on any atom is 0.0569 e. The summed E-state index contributed by atoms with van der Waals surface area (Å²) in [6, 6.07) is 1.25. The fourth-order valence-corrected chi connectivity index (χ4v) is 2.24. The third kappa shape index (κ3) is 1.18. The van der Waals surface area contributed by atoms with Crippen molar-refractivity contribution in [3.8, 4) is 0 Å². The predicted octanol–water partition coefficient (Wildman–Crippen LogP) is 0.652. The van der Waals surface area contributed by atoms with Crippen molar-refractivity contribution in [2.24, 2.45) is 0 Å². The van der Waals surface area contributed by atoms with Crippen LogP contribution in [0.25, 0.3) is 0 Å². The van der Waals surface area contributed by atoms with E-state index in [1.165, 1.54) is 19.3 Å². The minimum absolute atomic E-state index is 0.0171. The van der Waals surface area contributed by atoms with E-state index in [2.05, 4.69) is 5.32 Å². The number of aliphatic hydroxyl groups is 1. The molecule has 2 N–H and O–H groups in total. The number of piperidine rings is 2. The number of rotatable bonds is 0. The molecule has 2 heteroatoms. The van der Waals surface area contributed by atoms with Crippen LogP contribution in [0, 0.1) is 0 Å². The van der Waals surface area contributed by atoms with Crippen molar-refractivity contribution in [2.75, 3.05) is 0 Å². The summed E-state index contributed by atoms with van der Waals surface area (Å²) in [5.41, 5.74) is 0. The smallest absolute Gasteiger partial charge is 0.0569 e. The second-order valence-electron chi connectivity index (χ2n) is 3.62. The van der Waals surface area contributed by atoms with Gasteiger partial charge in [0.05, 0.1) is 6.10 Å². The summed E-state index contributed by atoms with van der Waals surface area (Å²) >= 11 is 0. The first-order chi connectivity index (χ1) is 4.84. The highest BCUT2D eigenvalue weighted by atomic mass is 16.3. The standard InChI is InChI=1S/C8H15NO/c10-8-4-6-2-1-3-7(5-8)9-6/h6-10H,1-5H2/t6-,7+,8+. The molecule has 2 heterocycles. The molecule has 2 nitrogen and oxygen atoms in total. The Balaban J connectivity index is 1.98. The first kappa shape index (κ1) is 6.62. The van der Waals surface area contributed by atoms with E-state index >= 15 is 0 Å². The van der Waals surface area contributed by atoms with E-state index < -0.39 is 0 Å². The Labute approximate surface area is 61.6 Å². The molecule has 0 aliphatic carbocycles. The molecule has 0 spiro atoms. The number of nitrogens with one attached hydrogen (secondary N) is 1. The molecular weight excluding hydrogens is 126 g/mol. The van der Waals surface area contributed by atoms with Crippen LogP contribution in [0.4, 0.5) is 0 Å². The summed E-state index contributed by atoms with van der Waals surface area (Å²) in [7, 11) is 0. The molecule has 2 fully saturated rings. The summed E-state index contributed by atoms with van der Waals surface area (Å²) < 4.78 is 0. The van der Waals surface area contributed by atoms with Crippen LogP contribution in [-0.2, 0) is 0 Å². The van der Waals surface area contributed by atoms with E-state index in [-0.39, 0.29) is 6.10 Å². The molecule has 0 radical (unpaired) electrons. The molecule has 2 bridgehead atoms. The number of hydrogen-bond acceptors (Lipinski definition) is 2. The van der Waals surface area contributed by atoms with E-state index in [1.54, 1.807) is 0 Å². The van der Waals surface area contributed by atoms with Crippen LogP contribution in [-0.4, -0.2) is 23.3 Å². The van der Waals surface area contributed by atoms with E-state index in [9.17, 15) is 5.11 Å². The lowest BCUT2D eigenvalue weighted by Crippen LogP contribution is -2.50. The van der Waals surface area contributed by atoms with Crippen LogP contribution in [0.2, 0.25) is 0 Å². The fraction of sp³-hybridized carbons (Fsp3) is 1.00. The zero-order valence-corrected chi connectivity index (χ0v) is 6.21. The van der Waals surface area contributed by atoms with E-state index in [0.29, 0.717) is 12.1 Å². The number of fused-ring (bicyclic) bond motifs is 2. The predicted molar refractivity (Wildman–Crippen MR) is 39.8 cm³/mol. The highest BCUT2D eigenvalue weighted by Crippen LogP contribution is 2.25. The lowest BCUT2D eigenvalue weighted by Gasteiger charge is -2.38. The van der Waals surface area contributed by atoms with Crippen LogP contribution in [0.5, 0.6) is 0 Å². The molecule has 0 saturated carbocycles. The van der Waals surface area contributed by atoms with E-state index in [4.69, 9.17) is 0 Å². The van der Waals surface area contributed by atoms with Crippen molar-refractivity contribution in [3.63, 3.8) is 0 Å². The van der Waals surface area contributed by atoms with Crippen LogP contribution in [0.15, 0.2) is 0 Å². The Kier molecular flexibility index (Phi) is 1.66. The van der Waals surface area contributed by atoms with Gasteiger partial charge in [0.25, 0.3) is 0 Å². The van der Waals surface area contributed by atoms with Gasteiger partial charge in [0, 0.05) is 12.1 Å². The summed E-state index contributed by atoms with van der Waals surface area (Å²) in [6.45, 7) is 0. The van der Waals surface area contributed by atoms with Crippen LogP contribution < -0.4 is 5.32 Å². The third-order valence-electron chi connectivity index (χ3n) is 2.69. The number of aliphatic hydroxyl groups excluding tert-OH is 1. The maximum absolute atomic E-state index is 9.38. The first-order valence-corrected chi connectivity index (χ1v) is 4.29. The molecule has 2 saturated heterocycles. The number of hydrogen-bond donors (Lipinski definition) is 2. The second kappa shape index (κ2) is 2.51. The Morgan fingerprint density at radius 1 is 1.10 bits per heavy atom. The van der Waals surface area contributed by atoms with Gasteiger partial charge < -0.3 is 10.4 Å². The van der Waals surface area contributed by atoms with Crippen LogP contribution in [0.3, 0.4) is 0 Å². The Hall–Kier alpha value is -0.0800. The molecule has 2 rings (SSSR count). The Morgan fingerprint density at radius 2 is 1.70 bits per heavy atom. The lowest BCUT2D eigenvalue weighted by molar-refractivity contribution is 0.0741. The van der Waals surface area contributed by atoms with Gasteiger partial charge in [0.1, 0.15) is 0 Å². The quantitative estimate of drug-likeness (QED) is 0.519. The van der Waals surface area contributed by atoms with E-state index in [1.807, 2.05) is 0 Å². The van der Waals surface area contributed by atoms with Crippen molar-refractivity contribution in [1.29, 1.82) is 0 Å². The normalized spacial score (nSPS) is 47.1. The van der Waals surface area contributed by atoms with Gasteiger partial charge in [-0.15, -0.1) is 0 Å². The largest absolute Gasteiger partial charge is 0.393 e. The highest BCUT2D eigenvalue weighted by Gasteiger charge is 2.29. The molecule has 0 aromatic rings.